The first-order valence-electron chi connectivity index (χ1n) is 4.20. The molecule has 2 rings (SSSR count). The first kappa shape index (κ1) is 8.56. The van der Waals surface area contributed by atoms with Gasteiger partial charge < -0.3 is 10.2 Å². The van der Waals surface area contributed by atoms with E-state index in [2.05, 4.69) is 4.98 Å². The van der Waals surface area contributed by atoms with Crippen molar-refractivity contribution in [1.29, 1.82) is 0 Å². The molecular formula is C11H9NO2. The third-order valence-electron chi connectivity index (χ3n) is 1.91. The molecule has 0 saturated heterocycles. The quantitative estimate of drug-likeness (QED) is 0.719. The van der Waals surface area contributed by atoms with Crippen LogP contribution >= 0.6 is 0 Å². The maximum atomic E-state index is 9.09. The van der Waals surface area contributed by atoms with Crippen molar-refractivity contribution in [1.82, 2.24) is 4.98 Å². The van der Waals surface area contributed by atoms with Crippen LogP contribution in [0.3, 0.4) is 0 Å². The predicted molar refractivity (Wildman–Crippen MR) is 53.0 cm³/mol. The minimum Gasteiger partial charge on any atom is -0.508 e. The second-order valence-electron chi connectivity index (χ2n) is 2.95. The Morgan fingerprint density at radius 2 is 1.43 bits per heavy atom. The van der Waals surface area contributed by atoms with Gasteiger partial charge in [-0.1, -0.05) is 0 Å². The fraction of sp³-hybridized carbons (Fsp3) is 0. The number of pyridine rings is 1. The van der Waals surface area contributed by atoms with Gasteiger partial charge in [-0.15, -0.1) is 0 Å². The molecule has 0 fully saturated rings. The minimum absolute atomic E-state index is 0.146. The lowest BCUT2D eigenvalue weighted by Gasteiger charge is -2.00. The normalized spacial score (nSPS) is 10.0. The Kier molecular flexibility index (Phi) is 2.07. The van der Waals surface area contributed by atoms with Gasteiger partial charge in [-0.2, -0.15) is 0 Å². The highest BCUT2D eigenvalue weighted by Gasteiger charge is 1.98. The van der Waals surface area contributed by atoms with Crippen LogP contribution in [0.4, 0.5) is 0 Å². The van der Waals surface area contributed by atoms with Crippen LogP contribution in [0, 0.1) is 0 Å². The van der Waals surface area contributed by atoms with Crippen molar-refractivity contribution in [2.75, 3.05) is 0 Å². The summed E-state index contributed by atoms with van der Waals surface area (Å²) in [6.07, 6.45) is 1.39. The lowest BCUT2D eigenvalue weighted by Crippen LogP contribution is -1.81. The number of hydrogen-bond acceptors (Lipinski definition) is 3. The lowest BCUT2D eigenvalue weighted by atomic mass is 10.1. The van der Waals surface area contributed by atoms with E-state index >= 15 is 0 Å². The average molecular weight is 187 g/mol. The number of phenols is 1. The van der Waals surface area contributed by atoms with Crippen molar-refractivity contribution >= 4 is 0 Å². The second-order valence-corrected chi connectivity index (χ2v) is 2.95. The second kappa shape index (κ2) is 3.38. The van der Waals surface area contributed by atoms with Gasteiger partial charge >= 0.3 is 0 Å². The SMILES string of the molecule is Oc1ccc(-c2ccc(O)cn2)cc1. The zero-order valence-electron chi connectivity index (χ0n) is 7.38. The molecule has 0 amide bonds. The summed E-state index contributed by atoms with van der Waals surface area (Å²) >= 11 is 0. The summed E-state index contributed by atoms with van der Waals surface area (Å²) in [5.74, 6) is 0.375. The highest BCUT2D eigenvalue weighted by molar-refractivity contribution is 5.60. The van der Waals surface area contributed by atoms with Crippen molar-refractivity contribution < 1.29 is 10.2 Å². The fourth-order valence-corrected chi connectivity index (χ4v) is 1.19. The molecule has 2 aromatic rings. The smallest absolute Gasteiger partial charge is 0.133 e. The molecule has 1 heterocycles. The van der Waals surface area contributed by atoms with Gasteiger partial charge in [0.2, 0.25) is 0 Å². The molecule has 70 valence electrons. The standard InChI is InChI=1S/C11H9NO2/c13-9-3-1-8(2-4-9)11-6-5-10(14)7-12-11/h1-7,13-14H. The highest BCUT2D eigenvalue weighted by atomic mass is 16.3. The van der Waals surface area contributed by atoms with Gasteiger partial charge in [-0.05, 0) is 36.4 Å². The van der Waals surface area contributed by atoms with E-state index in [-0.39, 0.29) is 11.5 Å². The molecule has 0 saturated carbocycles. The zero-order chi connectivity index (χ0) is 9.97. The molecule has 0 aliphatic carbocycles. The largest absolute Gasteiger partial charge is 0.508 e. The van der Waals surface area contributed by atoms with Gasteiger partial charge in [0.1, 0.15) is 11.5 Å². The van der Waals surface area contributed by atoms with Crippen molar-refractivity contribution in [3.8, 4) is 22.8 Å². The Hall–Kier alpha value is -2.03. The number of aromatic hydroxyl groups is 2. The average Bonchev–Trinajstić information content (AvgIpc) is 2.21. The van der Waals surface area contributed by atoms with Crippen LogP contribution in [-0.2, 0) is 0 Å². The predicted octanol–water partition coefficient (Wildman–Crippen LogP) is 2.16. The summed E-state index contributed by atoms with van der Waals surface area (Å²) in [5.41, 5.74) is 1.67. The van der Waals surface area contributed by atoms with E-state index in [9.17, 15) is 0 Å². The first-order valence-corrected chi connectivity index (χ1v) is 4.20. The van der Waals surface area contributed by atoms with Crippen LogP contribution in [0.1, 0.15) is 0 Å². The molecule has 0 aliphatic heterocycles. The molecule has 2 N–H and O–H groups in total. The van der Waals surface area contributed by atoms with Gasteiger partial charge in [0.25, 0.3) is 0 Å². The number of phenolic OH excluding ortho intramolecular Hbond substituents is 1. The van der Waals surface area contributed by atoms with Crippen molar-refractivity contribution in [2.45, 2.75) is 0 Å². The summed E-state index contributed by atoms with van der Waals surface area (Å²) in [4.78, 5) is 4.05. The molecule has 0 atom stereocenters. The fourth-order valence-electron chi connectivity index (χ4n) is 1.19. The van der Waals surface area contributed by atoms with Crippen LogP contribution < -0.4 is 0 Å². The highest BCUT2D eigenvalue weighted by Crippen LogP contribution is 2.20. The third kappa shape index (κ3) is 1.66. The molecule has 0 aliphatic rings. The van der Waals surface area contributed by atoms with Gasteiger partial charge in [0, 0.05) is 5.56 Å². The Morgan fingerprint density at radius 3 is 2.00 bits per heavy atom. The van der Waals surface area contributed by atoms with Crippen LogP contribution in [0.5, 0.6) is 11.5 Å². The number of rotatable bonds is 1. The summed E-state index contributed by atoms with van der Waals surface area (Å²) in [7, 11) is 0. The molecule has 0 unspecified atom stereocenters. The zero-order valence-corrected chi connectivity index (χ0v) is 7.38. The lowest BCUT2D eigenvalue weighted by molar-refractivity contribution is 0.472. The van der Waals surface area contributed by atoms with Gasteiger partial charge in [-0.25, -0.2) is 0 Å². The minimum atomic E-state index is 0.146. The molecule has 14 heavy (non-hydrogen) atoms. The monoisotopic (exact) mass is 187 g/mol. The van der Waals surface area contributed by atoms with Crippen LogP contribution in [0.2, 0.25) is 0 Å². The first-order chi connectivity index (χ1) is 6.75. The van der Waals surface area contributed by atoms with Gasteiger partial charge in [-0.3, -0.25) is 4.98 Å². The molecule has 3 heteroatoms. The topological polar surface area (TPSA) is 53.4 Å². The van der Waals surface area contributed by atoms with Crippen LogP contribution in [0.25, 0.3) is 11.3 Å². The molecular weight excluding hydrogens is 178 g/mol. The van der Waals surface area contributed by atoms with Crippen molar-refractivity contribution in [3.63, 3.8) is 0 Å². The van der Waals surface area contributed by atoms with Crippen molar-refractivity contribution in [3.05, 3.63) is 42.6 Å². The molecule has 0 bridgehead atoms. The Balaban J connectivity index is 2.40. The van der Waals surface area contributed by atoms with Crippen LogP contribution in [0.15, 0.2) is 42.6 Å². The maximum absolute atomic E-state index is 9.09. The van der Waals surface area contributed by atoms with E-state index in [4.69, 9.17) is 10.2 Å². The van der Waals surface area contributed by atoms with Gasteiger partial charge in [0.15, 0.2) is 0 Å². The Bertz CT molecular complexity index is 377. The molecule has 0 spiro atoms. The summed E-state index contributed by atoms with van der Waals surface area (Å²) < 4.78 is 0. The number of aromatic nitrogens is 1. The molecule has 1 aromatic carbocycles. The number of nitrogens with zero attached hydrogens (tertiary/aromatic N) is 1. The molecule has 3 nitrogen and oxygen atoms in total. The molecule has 1 aromatic heterocycles. The summed E-state index contributed by atoms with van der Waals surface area (Å²) in [5, 5.41) is 18.1. The third-order valence-corrected chi connectivity index (χ3v) is 1.91. The van der Waals surface area contributed by atoms with E-state index < -0.39 is 0 Å². The van der Waals surface area contributed by atoms with E-state index in [1.807, 2.05) is 0 Å². The van der Waals surface area contributed by atoms with E-state index in [0.29, 0.717) is 0 Å². The Morgan fingerprint density at radius 1 is 0.786 bits per heavy atom. The molecule has 0 radical (unpaired) electrons. The van der Waals surface area contributed by atoms with E-state index in [0.717, 1.165) is 11.3 Å². The number of hydrogen-bond donors (Lipinski definition) is 2. The summed E-state index contributed by atoms with van der Waals surface area (Å²) in [6, 6.07) is 10.0. The Labute approximate surface area is 81.3 Å². The van der Waals surface area contributed by atoms with Gasteiger partial charge in [0.05, 0.1) is 11.9 Å². The maximum Gasteiger partial charge on any atom is 0.133 e. The number of benzene rings is 1. The van der Waals surface area contributed by atoms with E-state index in [1.165, 1.54) is 6.20 Å². The van der Waals surface area contributed by atoms with E-state index in [1.54, 1.807) is 36.4 Å². The summed E-state index contributed by atoms with van der Waals surface area (Å²) in [6.45, 7) is 0. The van der Waals surface area contributed by atoms with Crippen molar-refractivity contribution in [2.24, 2.45) is 0 Å². The van der Waals surface area contributed by atoms with Crippen LogP contribution in [-0.4, -0.2) is 15.2 Å².